The first-order chi connectivity index (χ1) is 12.2. The second-order valence-corrected chi connectivity index (χ2v) is 6.34. The summed E-state index contributed by atoms with van der Waals surface area (Å²) in [7, 11) is 0. The van der Waals surface area contributed by atoms with Crippen LogP contribution in [-0.4, -0.2) is 4.57 Å². The van der Waals surface area contributed by atoms with Crippen molar-refractivity contribution in [2.24, 2.45) is 0 Å². The molecule has 1 heteroatoms. The molecule has 0 amide bonds. The molecule has 0 saturated carbocycles. The van der Waals surface area contributed by atoms with E-state index in [-0.39, 0.29) is 0 Å². The fourth-order valence-electron chi connectivity index (χ4n) is 3.02. The van der Waals surface area contributed by atoms with Gasteiger partial charge < -0.3 is 4.57 Å². The maximum Gasteiger partial charge on any atom is 0.0531 e. The zero-order valence-electron chi connectivity index (χ0n) is 15.2. The van der Waals surface area contributed by atoms with E-state index < -0.39 is 0 Å². The molecule has 0 aliphatic heterocycles. The van der Waals surface area contributed by atoms with E-state index >= 15 is 0 Å². The highest BCUT2D eigenvalue weighted by molar-refractivity contribution is 5.64. The third kappa shape index (κ3) is 3.83. The highest BCUT2D eigenvalue weighted by Crippen LogP contribution is 2.28. The monoisotopic (exact) mass is 327 g/mol. The first-order valence-corrected chi connectivity index (χ1v) is 8.82. The van der Waals surface area contributed by atoms with E-state index in [1.165, 1.54) is 33.8 Å². The molecule has 25 heavy (non-hydrogen) atoms. The second kappa shape index (κ2) is 7.85. The van der Waals surface area contributed by atoms with Crippen LogP contribution in [0.4, 0.5) is 0 Å². The lowest BCUT2D eigenvalue weighted by atomic mass is 10.1. The van der Waals surface area contributed by atoms with Crippen LogP contribution in [-0.2, 0) is 6.42 Å². The lowest BCUT2D eigenvalue weighted by Gasteiger charge is -2.15. The molecule has 0 bridgehead atoms. The van der Waals surface area contributed by atoms with Gasteiger partial charge in [0, 0.05) is 17.8 Å². The number of allylic oxidation sites excluding steroid dienone is 4. The molecule has 2 aromatic carbocycles. The fraction of sp³-hybridized carbons (Fsp3) is 0.167. The molecule has 0 fully saturated rings. The maximum absolute atomic E-state index is 2.38. The summed E-state index contributed by atoms with van der Waals surface area (Å²) in [5.74, 6) is 0. The van der Waals surface area contributed by atoms with Crippen molar-refractivity contribution in [3.63, 3.8) is 0 Å². The molecule has 0 atom stereocenters. The van der Waals surface area contributed by atoms with Crippen molar-refractivity contribution in [1.82, 2.24) is 4.57 Å². The average Bonchev–Trinajstić information content (AvgIpc) is 3.06. The molecular weight excluding hydrogens is 302 g/mol. The number of hydrogen-bond donors (Lipinski definition) is 0. The third-order valence-electron chi connectivity index (χ3n) is 4.55. The van der Waals surface area contributed by atoms with Gasteiger partial charge in [0.1, 0.15) is 0 Å². The van der Waals surface area contributed by atoms with Crippen molar-refractivity contribution >= 4 is 0 Å². The minimum Gasteiger partial charge on any atom is -0.313 e. The molecule has 0 radical (unpaired) electrons. The molecule has 0 spiro atoms. The van der Waals surface area contributed by atoms with Crippen LogP contribution < -0.4 is 0 Å². The first kappa shape index (κ1) is 17.0. The number of aryl methyl sites for hydroxylation is 2. The van der Waals surface area contributed by atoms with Gasteiger partial charge >= 0.3 is 0 Å². The van der Waals surface area contributed by atoms with Gasteiger partial charge in [-0.1, -0.05) is 60.7 Å². The Morgan fingerprint density at radius 1 is 0.840 bits per heavy atom. The van der Waals surface area contributed by atoms with Crippen molar-refractivity contribution in [2.75, 3.05) is 0 Å². The minimum atomic E-state index is 0.907. The smallest absolute Gasteiger partial charge is 0.0531 e. The number of rotatable bonds is 5. The molecule has 126 valence electrons. The van der Waals surface area contributed by atoms with Crippen LogP contribution in [0.25, 0.3) is 16.9 Å². The second-order valence-electron chi connectivity index (χ2n) is 6.34. The van der Waals surface area contributed by atoms with Gasteiger partial charge in [0.15, 0.2) is 0 Å². The Bertz CT molecular complexity index is 895. The van der Waals surface area contributed by atoms with E-state index in [9.17, 15) is 0 Å². The summed E-state index contributed by atoms with van der Waals surface area (Å²) < 4.78 is 2.38. The summed E-state index contributed by atoms with van der Waals surface area (Å²) in [5, 5.41) is 0. The molecule has 3 aromatic rings. The van der Waals surface area contributed by atoms with Gasteiger partial charge in [0.25, 0.3) is 0 Å². The lowest BCUT2D eigenvalue weighted by molar-refractivity contribution is 0.977. The highest BCUT2D eigenvalue weighted by Gasteiger charge is 2.11. The predicted molar refractivity (Wildman–Crippen MR) is 108 cm³/mol. The molecule has 0 saturated heterocycles. The van der Waals surface area contributed by atoms with Crippen LogP contribution in [0.3, 0.4) is 0 Å². The summed E-state index contributed by atoms with van der Waals surface area (Å²) in [6.07, 6.45) is 9.35. The zero-order chi connectivity index (χ0) is 17.6. The van der Waals surface area contributed by atoms with Crippen molar-refractivity contribution in [3.8, 4) is 16.9 Å². The van der Waals surface area contributed by atoms with Gasteiger partial charge in [-0.3, -0.25) is 0 Å². The van der Waals surface area contributed by atoms with Crippen LogP contribution in [0.15, 0.2) is 85.0 Å². The Balaban J connectivity index is 2.10. The van der Waals surface area contributed by atoms with Crippen LogP contribution >= 0.6 is 0 Å². The van der Waals surface area contributed by atoms with Gasteiger partial charge in [0.05, 0.1) is 5.69 Å². The molecule has 1 heterocycles. The van der Waals surface area contributed by atoms with Crippen LogP contribution in [0.2, 0.25) is 0 Å². The van der Waals surface area contributed by atoms with Crippen molar-refractivity contribution in [2.45, 2.75) is 27.2 Å². The molecule has 0 unspecified atom stereocenters. The Labute approximate surface area is 151 Å². The summed E-state index contributed by atoms with van der Waals surface area (Å²) in [4.78, 5) is 0. The minimum absolute atomic E-state index is 0.907. The van der Waals surface area contributed by atoms with E-state index in [2.05, 4.69) is 97.3 Å². The van der Waals surface area contributed by atoms with Gasteiger partial charge in [-0.2, -0.15) is 0 Å². The molecule has 0 aliphatic rings. The van der Waals surface area contributed by atoms with Crippen LogP contribution in [0.5, 0.6) is 0 Å². The summed E-state index contributed by atoms with van der Waals surface area (Å²) in [6, 6.07) is 21.8. The molecule has 0 N–H and O–H groups in total. The normalized spacial score (nSPS) is 11.6. The average molecular weight is 327 g/mol. The summed E-state index contributed by atoms with van der Waals surface area (Å²) in [6.45, 7) is 6.37. The van der Waals surface area contributed by atoms with E-state index in [0.29, 0.717) is 0 Å². The topological polar surface area (TPSA) is 4.93 Å². The van der Waals surface area contributed by atoms with Gasteiger partial charge in [-0.25, -0.2) is 0 Å². The Hall–Kier alpha value is -2.80. The quantitative estimate of drug-likeness (QED) is 0.475. The summed E-state index contributed by atoms with van der Waals surface area (Å²) in [5.41, 5.74) is 7.64. The number of hydrogen-bond acceptors (Lipinski definition) is 0. The van der Waals surface area contributed by atoms with Gasteiger partial charge in [-0.05, 0) is 61.7 Å². The van der Waals surface area contributed by atoms with Crippen molar-refractivity contribution in [1.29, 1.82) is 0 Å². The van der Waals surface area contributed by atoms with Crippen LogP contribution in [0, 0.1) is 13.8 Å². The highest BCUT2D eigenvalue weighted by atomic mass is 15.0. The Kier molecular flexibility index (Phi) is 5.35. The number of nitrogens with zero attached hydrogens (tertiary/aromatic N) is 1. The SMILES string of the molecule is CC=CC=CCc1ccc(-c2ccccc2)n1-c1ccc(C)c(C)c1. The van der Waals surface area contributed by atoms with E-state index in [1.807, 2.05) is 13.0 Å². The van der Waals surface area contributed by atoms with Gasteiger partial charge in [0.2, 0.25) is 0 Å². The van der Waals surface area contributed by atoms with Gasteiger partial charge in [-0.15, -0.1) is 0 Å². The standard InChI is InChI=1S/C24H25N/c1-4-5-6-10-13-22-16-17-24(21-11-8-7-9-12-21)25(22)23-15-14-19(2)20(3)18-23/h4-12,14-18H,13H2,1-3H3. The maximum atomic E-state index is 2.38. The Morgan fingerprint density at radius 2 is 1.64 bits per heavy atom. The molecule has 1 aromatic heterocycles. The van der Waals surface area contributed by atoms with Crippen LogP contribution in [0.1, 0.15) is 23.7 Å². The lowest BCUT2D eigenvalue weighted by Crippen LogP contribution is -2.02. The van der Waals surface area contributed by atoms with Crippen molar-refractivity contribution in [3.05, 3.63) is 102 Å². The van der Waals surface area contributed by atoms with E-state index in [1.54, 1.807) is 0 Å². The summed E-state index contributed by atoms with van der Waals surface area (Å²) >= 11 is 0. The van der Waals surface area contributed by atoms with E-state index in [4.69, 9.17) is 0 Å². The Morgan fingerprint density at radius 3 is 2.36 bits per heavy atom. The predicted octanol–water partition coefficient (Wildman–Crippen LogP) is 6.44. The third-order valence-corrected chi connectivity index (χ3v) is 4.55. The molecule has 0 aliphatic carbocycles. The number of benzene rings is 2. The molecule has 3 rings (SSSR count). The number of aromatic nitrogens is 1. The molecular formula is C24H25N. The van der Waals surface area contributed by atoms with E-state index in [0.717, 1.165) is 6.42 Å². The van der Waals surface area contributed by atoms with Crippen molar-refractivity contribution < 1.29 is 0 Å². The largest absolute Gasteiger partial charge is 0.313 e. The first-order valence-electron chi connectivity index (χ1n) is 8.82. The molecule has 1 nitrogen and oxygen atoms in total. The fourth-order valence-corrected chi connectivity index (χ4v) is 3.02. The zero-order valence-corrected chi connectivity index (χ0v) is 15.2.